The van der Waals surface area contributed by atoms with Gasteiger partial charge in [0.1, 0.15) is 0 Å². The second kappa shape index (κ2) is 7.97. The van der Waals surface area contributed by atoms with Gasteiger partial charge in [0.15, 0.2) is 0 Å². The summed E-state index contributed by atoms with van der Waals surface area (Å²) in [5, 5.41) is 13.4. The first-order valence-corrected chi connectivity index (χ1v) is 7.13. The van der Waals surface area contributed by atoms with Gasteiger partial charge in [0, 0.05) is 24.6 Å². The molecule has 1 rings (SSSR count). The first-order valence-electron chi connectivity index (χ1n) is 5.98. The Morgan fingerprint density at radius 2 is 1.94 bits per heavy atom. The highest BCUT2D eigenvalue weighted by atomic mass is 32.2. The highest BCUT2D eigenvalue weighted by Crippen LogP contribution is 2.16. The lowest BCUT2D eigenvalue weighted by Gasteiger charge is -2.11. The van der Waals surface area contributed by atoms with Crippen molar-refractivity contribution in [3.05, 3.63) is 0 Å². The number of carbonyl (C=O) groups is 3. The van der Waals surface area contributed by atoms with Crippen LogP contribution in [0.3, 0.4) is 0 Å². The third-order valence-electron chi connectivity index (χ3n) is 2.56. The summed E-state index contributed by atoms with van der Waals surface area (Å²) in [7, 11) is 0. The molecule has 1 fully saturated rings. The summed E-state index contributed by atoms with van der Waals surface area (Å²) in [6, 6.07) is -0.305. The molecule has 0 bridgehead atoms. The number of thioether (sulfide) groups is 1. The maximum atomic E-state index is 11.4. The monoisotopic (exact) mass is 274 g/mol. The van der Waals surface area contributed by atoms with Crippen LogP contribution < -0.4 is 10.6 Å². The summed E-state index contributed by atoms with van der Waals surface area (Å²) < 4.78 is 0. The van der Waals surface area contributed by atoms with Crippen LogP contribution in [-0.4, -0.2) is 40.6 Å². The first kappa shape index (κ1) is 14.8. The molecule has 1 unspecified atom stereocenters. The topological polar surface area (TPSA) is 95.5 Å². The van der Waals surface area contributed by atoms with Gasteiger partial charge in [-0.1, -0.05) is 0 Å². The van der Waals surface area contributed by atoms with E-state index in [-0.39, 0.29) is 24.8 Å². The number of carboxylic acid groups (broad SMARTS) is 1. The zero-order chi connectivity index (χ0) is 13.4. The van der Waals surface area contributed by atoms with Crippen molar-refractivity contribution in [3.63, 3.8) is 0 Å². The van der Waals surface area contributed by atoms with Crippen molar-refractivity contribution in [3.8, 4) is 0 Å². The van der Waals surface area contributed by atoms with Gasteiger partial charge < -0.3 is 10.4 Å². The zero-order valence-electron chi connectivity index (χ0n) is 10.1. The molecule has 0 saturated carbocycles. The summed E-state index contributed by atoms with van der Waals surface area (Å²) in [6.07, 6.45) is 2.10. The van der Waals surface area contributed by atoms with Crippen molar-refractivity contribution in [2.45, 2.75) is 38.1 Å². The SMILES string of the molecule is O=C(O)CCCCC(=O)NC(=O)NC1CCSC1. The molecular formula is C11H18N2O4S. The summed E-state index contributed by atoms with van der Waals surface area (Å²) >= 11 is 1.78. The third kappa shape index (κ3) is 6.48. The minimum absolute atomic E-state index is 0.0543. The molecule has 0 aromatic carbocycles. The van der Waals surface area contributed by atoms with Crippen LogP contribution in [0.1, 0.15) is 32.1 Å². The minimum atomic E-state index is -0.869. The van der Waals surface area contributed by atoms with E-state index < -0.39 is 12.0 Å². The Kier molecular flexibility index (Phi) is 6.56. The van der Waals surface area contributed by atoms with Crippen LogP contribution in [-0.2, 0) is 9.59 Å². The zero-order valence-corrected chi connectivity index (χ0v) is 10.9. The average molecular weight is 274 g/mol. The number of amides is 3. The van der Waals surface area contributed by atoms with Crippen LogP contribution in [0.25, 0.3) is 0 Å². The maximum Gasteiger partial charge on any atom is 0.321 e. The molecule has 1 heterocycles. The van der Waals surface area contributed by atoms with E-state index in [0.717, 1.165) is 17.9 Å². The normalized spacial score (nSPS) is 18.3. The smallest absolute Gasteiger partial charge is 0.321 e. The molecule has 1 aliphatic heterocycles. The average Bonchev–Trinajstić information content (AvgIpc) is 2.76. The highest BCUT2D eigenvalue weighted by molar-refractivity contribution is 7.99. The predicted octanol–water partition coefficient (Wildman–Crippen LogP) is 0.963. The molecule has 7 heteroatoms. The Balaban J connectivity index is 2.07. The second-order valence-electron chi connectivity index (χ2n) is 4.18. The summed E-state index contributed by atoms with van der Waals surface area (Å²) in [5.74, 6) is 0.698. The van der Waals surface area contributed by atoms with Gasteiger partial charge in [0.2, 0.25) is 5.91 Å². The van der Waals surface area contributed by atoms with Crippen molar-refractivity contribution in [2.75, 3.05) is 11.5 Å². The van der Waals surface area contributed by atoms with E-state index in [2.05, 4.69) is 10.6 Å². The minimum Gasteiger partial charge on any atom is -0.481 e. The van der Waals surface area contributed by atoms with Crippen LogP contribution in [0, 0.1) is 0 Å². The van der Waals surface area contributed by atoms with Gasteiger partial charge in [0.05, 0.1) is 0 Å². The Bertz CT molecular complexity index is 316. The number of rotatable bonds is 6. The molecule has 0 radical (unpaired) electrons. The Hall–Kier alpha value is -1.24. The van der Waals surface area contributed by atoms with E-state index in [1.165, 1.54) is 0 Å². The number of urea groups is 1. The summed E-state index contributed by atoms with van der Waals surface area (Å²) in [6.45, 7) is 0. The standard InChI is InChI=1S/C11H18N2O4S/c14-9(3-1-2-4-10(15)16)13-11(17)12-8-5-6-18-7-8/h8H,1-7H2,(H,15,16)(H2,12,13,14,17). The number of carboxylic acids is 1. The third-order valence-corrected chi connectivity index (χ3v) is 3.72. The number of nitrogens with one attached hydrogen (secondary N) is 2. The Morgan fingerprint density at radius 1 is 1.22 bits per heavy atom. The van der Waals surface area contributed by atoms with E-state index in [1.807, 2.05) is 0 Å². The molecule has 6 nitrogen and oxygen atoms in total. The molecule has 1 aliphatic rings. The van der Waals surface area contributed by atoms with Crippen LogP contribution >= 0.6 is 11.8 Å². The van der Waals surface area contributed by atoms with Gasteiger partial charge in [-0.15, -0.1) is 0 Å². The van der Waals surface area contributed by atoms with Gasteiger partial charge >= 0.3 is 12.0 Å². The maximum absolute atomic E-state index is 11.4. The van der Waals surface area contributed by atoms with Crippen molar-refractivity contribution >= 4 is 29.7 Å². The van der Waals surface area contributed by atoms with E-state index in [9.17, 15) is 14.4 Å². The highest BCUT2D eigenvalue weighted by Gasteiger charge is 2.18. The van der Waals surface area contributed by atoms with Crippen molar-refractivity contribution in [2.24, 2.45) is 0 Å². The van der Waals surface area contributed by atoms with Crippen molar-refractivity contribution < 1.29 is 19.5 Å². The lowest BCUT2D eigenvalue weighted by atomic mass is 10.2. The number of unbranched alkanes of at least 4 members (excludes halogenated alkanes) is 1. The van der Waals surface area contributed by atoms with Gasteiger partial charge in [-0.05, 0) is 25.0 Å². The lowest BCUT2D eigenvalue weighted by Crippen LogP contribution is -2.44. The van der Waals surface area contributed by atoms with Gasteiger partial charge in [-0.2, -0.15) is 11.8 Å². The van der Waals surface area contributed by atoms with Crippen LogP contribution in [0.2, 0.25) is 0 Å². The van der Waals surface area contributed by atoms with E-state index in [0.29, 0.717) is 12.8 Å². The molecule has 1 saturated heterocycles. The summed E-state index contributed by atoms with van der Waals surface area (Å²) in [5.41, 5.74) is 0. The largest absolute Gasteiger partial charge is 0.481 e. The van der Waals surface area contributed by atoms with Gasteiger partial charge in [-0.25, -0.2) is 4.79 Å². The van der Waals surface area contributed by atoms with Crippen molar-refractivity contribution in [1.29, 1.82) is 0 Å². The van der Waals surface area contributed by atoms with Gasteiger partial charge in [-0.3, -0.25) is 14.9 Å². The number of carbonyl (C=O) groups excluding carboxylic acids is 2. The van der Waals surface area contributed by atoms with Crippen LogP contribution in [0.15, 0.2) is 0 Å². The fourth-order valence-electron chi connectivity index (χ4n) is 1.62. The lowest BCUT2D eigenvalue weighted by molar-refractivity contribution is -0.137. The molecule has 3 amide bonds. The summed E-state index contributed by atoms with van der Waals surface area (Å²) in [4.78, 5) is 33.0. The Labute approximate surface area is 110 Å². The van der Waals surface area contributed by atoms with Crippen molar-refractivity contribution in [1.82, 2.24) is 10.6 Å². The fourth-order valence-corrected chi connectivity index (χ4v) is 2.77. The Morgan fingerprint density at radius 3 is 2.56 bits per heavy atom. The second-order valence-corrected chi connectivity index (χ2v) is 5.33. The van der Waals surface area contributed by atoms with Crippen LogP contribution in [0.4, 0.5) is 4.79 Å². The number of imide groups is 1. The molecule has 1 atom stereocenters. The molecule has 0 aliphatic carbocycles. The number of hydrogen-bond donors (Lipinski definition) is 3. The molecular weight excluding hydrogens is 256 g/mol. The molecule has 102 valence electrons. The fraction of sp³-hybridized carbons (Fsp3) is 0.727. The number of aliphatic carboxylic acids is 1. The van der Waals surface area contributed by atoms with E-state index >= 15 is 0 Å². The van der Waals surface area contributed by atoms with Crippen LogP contribution in [0.5, 0.6) is 0 Å². The molecule has 3 N–H and O–H groups in total. The molecule has 0 aromatic heterocycles. The molecule has 18 heavy (non-hydrogen) atoms. The predicted molar refractivity (Wildman–Crippen MR) is 68.5 cm³/mol. The molecule has 0 aromatic rings. The van der Waals surface area contributed by atoms with Gasteiger partial charge in [0.25, 0.3) is 0 Å². The molecule has 0 spiro atoms. The first-order chi connectivity index (χ1) is 8.58. The van der Waals surface area contributed by atoms with E-state index in [4.69, 9.17) is 5.11 Å². The van der Waals surface area contributed by atoms with E-state index in [1.54, 1.807) is 11.8 Å². The quantitative estimate of drug-likeness (QED) is 0.627. The number of hydrogen-bond acceptors (Lipinski definition) is 4.